The van der Waals surface area contributed by atoms with Crippen LogP contribution in [0.2, 0.25) is 0 Å². The highest BCUT2D eigenvalue weighted by Gasteiger charge is 2.35. The van der Waals surface area contributed by atoms with Crippen LogP contribution in [0.3, 0.4) is 0 Å². The number of rotatable bonds is 2. The van der Waals surface area contributed by atoms with E-state index in [0.29, 0.717) is 5.92 Å². The number of carboxylic acid groups (broad SMARTS) is 1. The maximum Gasteiger partial charge on any atom is 0.328 e. The number of hydrogen-bond acceptors (Lipinski definition) is 3. The van der Waals surface area contributed by atoms with Gasteiger partial charge in [0, 0.05) is 12.6 Å². The normalized spacial score (nSPS) is 30.2. The SMILES string of the molecule is CC1CCCC(NC(=O)N2CC(=O)NCC2C(=O)O)CC1. The highest BCUT2D eigenvalue weighted by molar-refractivity contribution is 5.90. The summed E-state index contributed by atoms with van der Waals surface area (Å²) in [6.07, 6.45) is 5.11. The molecule has 118 valence electrons. The summed E-state index contributed by atoms with van der Waals surface area (Å²) in [5.74, 6) is -0.754. The molecule has 0 spiro atoms. The minimum Gasteiger partial charge on any atom is -0.480 e. The Hall–Kier alpha value is -1.79. The molecule has 3 unspecified atom stereocenters. The van der Waals surface area contributed by atoms with Crippen LogP contribution in [-0.4, -0.2) is 53.1 Å². The van der Waals surface area contributed by atoms with Crippen molar-refractivity contribution in [2.24, 2.45) is 5.92 Å². The van der Waals surface area contributed by atoms with Gasteiger partial charge in [-0.2, -0.15) is 0 Å². The Kier molecular flexibility index (Phi) is 5.03. The molecule has 0 aromatic rings. The third-order valence-electron chi connectivity index (χ3n) is 4.31. The second-order valence-corrected chi connectivity index (χ2v) is 6.05. The van der Waals surface area contributed by atoms with E-state index in [1.165, 1.54) is 0 Å². The third-order valence-corrected chi connectivity index (χ3v) is 4.31. The first-order chi connectivity index (χ1) is 9.97. The van der Waals surface area contributed by atoms with Crippen molar-refractivity contribution in [3.05, 3.63) is 0 Å². The average Bonchev–Trinajstić information content (AvgIpc) is 2.63. The first-order valence-electron chi connectivity index (χ1n) is 7.54. The van der Waals surface area contributed by atoms with Crippen LogP contribution in [0.25, 0.3) is 0 Å². The van der Waals surface area contributed by atoms with E-state index in [4.69, 9.17) is 5.11 Å². The van der Waals surface area contributed by atoms with Crippen LogP contribution in [0.5, 0.6) is 0 Å². The van der Waals surface area contributed by atoms with E-state index in [1.807, 2.05) is 0 Å². The van der Waals surface area contributed by atoms with E-state index in [-0.39, 0.29) is 25.0 Å². The number of carbonyl (C=O) groups is 3. The quantitative estimate of drug-likeness (QED) is 0.648. The fourth-order valence-electron chi connectivity index (χ4n) is 2.96. The van der Waals surface area contributed by atoms with Gasteiger partial charge in [-0.25, -0.2) is 9.59 Å². The highest BCUT2D eigenvalue weighted by atomic mass is 16.4. The maximum atomic E-state index is 12.3. The molecule has 1 saturated heterocycles. The van der Waals surface area contributed by atoms with E-state index >= 15 is 0 Å². The van der Waals surface area contributed by atoms with Crippen LogP contribution in [0, 0.1) is 5.92 Å². The van der Waals surface area contributed by atoms with Crippen molar-refractivity contribution < 1.29 is 19.5 Å². The number of urea groups is 1. The molecule has 1 saturated carbocycles. The Bertz CT molecular complexity index is 426. The molecule has 1 aliphatic carbocycles. The largest absolute Gasteiger partial charge is 0.480 e. The van der Waals surface area contributed by atoms with Gasteiger partial charge in [0.05, 0.1) is 0 Å². The Morgan fingerprint density at radius 3 is 2.76 bits per heavy atom. The van der Waals surface area contributed by atoms with Crippen molar-refractivity contribution in [3.63, 3.8) is 0 Å². The lowest BCUT2D eigenvalue weighted by Gasteiger charge is -2.33. The number of nitrogens with zero attached hydrogens (tertiary/aromatic N) is 1. The molecule has 7 heteroatoms. The Balaban J connectivity index is 1.96. The topological polar surface area (TPSA) is 98.7 Å². The molecule has 0 radical (unpaired) electrons. The number of hydrogen-bond donors (Lipinski definition) is 3. The number of nitrogens with one attached hydrogen (secondary N) is 2. The molecule has 3 amide bonds. The van der Waals surface area contributed by atoms with E-state index in [0.717, 1.165) is 37.0 Å². The zero-order chi connectivity index (χ0) is 15.4. The van der Waals surface area contributed by atoms with Crippen LogP contribution in [-0.2, 0) is 9.59 Å². The van der Waals surface area contributed by atoms with Gasteiger partial charge in [0.2, 0.25) is 5.91 Å². The van der Waals surface area contributed by atoms with Gasteiger partial charge in [0.25, 0.3) is 0 Å². The van der Waals surface area contributed by atoms with Gasteiger partial charge >= 0.3 is 12.0 Å². The van der Waals surface area contributed by atoms with Crippen LogP contribution in [0.4, 0.5) is 4.79 Å². The summed E-state index contributed by atoms with van der Waals surface area (Å²) in [7, 11) is 0. The lowest BCUT2D eigenvalue weighted by atomic mass is 10.0. The lowest BCUT2D eigenvalue weighted by Crippen LogP contribution is -2.62. The fourth-order valence-corrected chi connectivity index (χ4v) is 2.96. The van der Waals surface area contributed by atoms with E-state index in [2.05, 4.69) is 17.6 Å². The fraction of sp³-hybridized carbons (Fsp3) is 0.786. The zero-order valence-electron chi connectivity index (χ0n) is 12.3. The van der Waals surface area contributed by atoms with E-state index < -0.39 is 18.0 Å². The van der Waals surface area contributed by atoms with Gasteiger partial charge in [-0.1, -0.05) is 19.8 Å². The predicted octanol–water partition coefficient (Wildman–Crippen LogP) is 0.550. The lowest BCUT2D eigenvalue weighted by molar-refractivity contribution is -0.144. The van der Waals surface area contributed by atoms with Crippen LogP contribution in [0.15, 0.2) is 0 Å². The van der Waals surface area contributed by atoms with Gasteiger partial charge in [-0.15, -0.1) is 0 Å². The van der Waals surface area contributed by atoms with Crippen molar-refractivity contribution in [3.8, 4) is 0 Å². The summed E-state index contributed by atoms with van der Waals surface area (Å²) in [4.78, 5) is 36.0. The summed E-state index contributed by atoms with van der Waals surface area (Å²) in [6, 6.07) is -1.37. The van der Waals surface area contributed by atoms with E-state index in [1.54, 1.807) is 0 Å². The second-order valence-electron chi connectivity index (χ2n) is 6.05. The van der Waals surface area contributed by atoms with E-state index in [9.17, 15) is 14.4 Å². The molecule has 2 fully saturated rings. The number of carboxylic acids is 1. The number of carbonyl (C=O) groups excluding carboxylic acids is 2. The van der Waals surface area contributed by atoms with Gasteiger partial charge in [0.15, 0.2) is 0 Å². The van der Waals surface area contributed by atoms with Gasteiger partial charge in [-0.3, -0.25) is 9.69 Å². The monoisotopic (exact) mass is 297 g/mol. The first-order valence-corrected chi connectivity index (χ1v) is 7.54. The molecule has 2 rings (SSSR count). The third kappa shape index (κ3) is 4.09. The molecule has 1 heterocycles. The first kappa shape index (κ1) is 15.6. The molecule has 0 bridgehead atoms. The van der Waals surface area contributed by atoms with Crippen LogP contribution >= 0.6 is 0 Å². The molecular weight excluding hydrogens is 274 g/mol. The summed E-state index contributed by atoms with van der Waals surface area (Å²) in [5.41, 5.74) is 0. The molecule has 3 N–H and O–H groups in total. The van der Waals surface area contributed by atoms with Crippen molar-refractivity contribution in [2.75, 3.05) is 13.1 Å². The molecule has 3 atom stereocenters. The molecule has 0 aromatic carbocycles. The smallest absolute Gasteiger partial charge is 0.328 e. The van der Waals surface area contributed by atoms with Crippen molar-refractivity contribution in [1.29, 1.82) is 0 Å². The van der Waals surface area contributed by atoms with Gasteiger partial charge < -0.3 is 15.7 Å². The number of aliphatic carboxylic acids is 1. The van der Waals surface area contributed by atoms with Gasteiger partial charge in [-0.05, 0) is 25.2 Å². The van der Waals surface area contributed by atoms with Crippen LogP contribution in [0.1, 0.15) is 39.0 Å². The Morgan fingerprint density at radius 2 is 2.05 bits per heavy atom. The molecule has 7 nitrogen and oxygen atoms in total. The van der Waals surface area contributed by atoms with Crippen molar-refractivity contribution in [1.82, 2.24) is 15.5 Å². The molecular formula is C14H23N3O4. The Morgan fingerprint density at radius 1 is 1.29 bits per heavy atom. The predicted molar refractivity (Wildman–Crippen MR) is 75.7 cm³/mol. The summed E-state index contributed by atoms with van der Waals surface area (Å²) in [5, 5.41) is 14.5. The number of amides is 3. The second kappa shape index (κ2) is 6.78. The summed E-state index contributed by atoms with van der Waals surface area (Å²) in [6.45, 7) is 1.97. The Labute approximate surface area is 124 Å². The van der Waals surface area contributed by atoms with Crippen molar-refractivity contribution in [2.45, 2.75) is 51.1 Å². The zero-order valence-corrected chi connectivity index (χ0v) is 12.3. The minimum absolute atomic E-state index is 0.0384. The minimum atomic E-state index is -1.10. The van der Waals surface area contributed by atoms with Crippen molar-refractivity contribution >= 4 is 17.9 Å². The average molecular weight is 297 g/mol. The standard InChI is InChI=1S/C14H23N3O4/c1-9-3-2-4-10(6-5-9)16-14(21)17-8-12(18)15-7-11(17)13(19)20/h9-11H,2-8H2,1H3,(H,15,18)(H,16,21)(H,19,20). The molecule has 2 aliphatic rings. The summed E-state index contributed by atoms with van der Waals surface area (Å²) >= 11 is 0. The molecule has 1 aliphatic heterocycles. The van der Waals surface area contributed by atoms with Crippen LogP contribution < -0.4 is 10.6 Å². The highest BCUT2D eigenvalue weighted by Crippen LogP contribution is 2.22. The summed E-state index contributed by atoms with van der Waals surface area (Å²) < 4.78 is 0. The molecule has 21 heavy (non-hydrogen) atoms. The van der Waals surface area contributed by atoms with Gasteiger partial charge in [0.1, 0.15) is 12.6 Å². The molecule has 0 aromatic heterocycles. The maximum absolute atomic E-state index is 12.3. The number of piperazine rings is 1.